The molecule has 0 bridgehead atoms. The molecule has 2 aromatic rings. The standard InChI is InChI=1S/C9H11N3/c1-7(10)9-6-8-4-2-3-5-12(8)11-9/h2-7H,10H2,1H3. The molecule has 0 aliphatic heterocycles. The molecule has 1 unspecified atom stereocenters. The lowest BCUT2D eigenvalue weighted by molar-refractivity contribution is 0.756. The Morgan fingerprint density at radius 3 is 3.00 bits per heavy atom. The summed E-state index contributed by atoms with van der Waals surface area (Å²) in [6, 6.07) is 7.96. The van der Waals surface area contributed by atoms with Crippen LogP contribution in [0.5, 0.6) is 0 Å². The summed E-state index contributed by atoms with van der Waals surface area (Å²) in [5.74, 6) is 0. The molecule has 0 amide bonds. The topological polar surface area (TPSA) is 43.3 Å². The van der Waals surface area contributed by atoms with E-state index in [1.54, 1.807) is 0 Å². The fourth-order valence-corrected chi connectivity index (χ4v) is 1.18. The molecule has 0 aromatic carbocycles. The van der Waals surface area contributed by atoms with Gasteiger partial charge in [-0.05, 0) is 25.1 Å². The lowest BCUT2D eigenvalue weighted by atomic mass is 10.2. The molecule has 2 rings (SSSR count). The van der Waals surface area contributed by atoms with Gasteiger partial charge in [-0.1, -0.05) is 6.07 Å². The van der Waals surface area contributed by atoms with Crippen molar-refractivity contribution in [3.63, 3.8) is 0 Å². The molecule has 12 heavy (non-hydrogen) atoms. The Morgan fingerprint density at radius 1 is 1.50 bits per heavy atom. The van der Waals surface area contributed by atoms with Gasteiger partial charge in [0, 0.05) is 12.2 Å². The maximum atomic E-state index is 5.70. The number of hydrogen-bond acceptors (Lipinski definition) is 2. The Morgan fingerprint density at radius 2 is 2.33 bits per heavy atom. The van der Waals surface area contributed by atoms with Gasteiger partial charge in [-0.2, -0.15) is 5.10 Å². The summed E-state index contributed by atoms with van der Waals surface area (Å²) in [7, 11) is 0. The van der Waals surface area contributed by atoms with Crippen molar-refractivity contribution in [3.05, 3.63) is 36.2 Å². The minimum absolute atomic E-state index is 0.00454. The predicted octanol–water partition coefficient (Wildman–Crippen LogP) is 1.35. The van der Waals surface area contributed by atoms with Crippen molar-refractivity contribution in [2.75, 3.05) is 0 Å². The van der Waals surface area contributed by atoms with Crippen molar-refractivity contribution in [3.8, 4) is 0 Å². The third-order valence-corrected chi connectivity index (χ3v) is 1.86. The van der Waals surface area contributed by atoms with Gasteiger partial charge >= 0.3 is 0 Å². The molecule has 0 radical (unpaired) electrons. The van der Waals surface area contributed by atoms with Gasteiger partial charge in [-0.15, -0.1) is 0 Å². The molecule has 2 aromatic heterocycles. The van der Waals surface area contributed by atoms with Crippen LogP contribution in [0.2, 0.25) is 0 Å². The first-order valence-electron chi connectivity index (χ1n) is 3.97. The summed E-state index contributed by atoms with van der Waals surface area (Å²) in [6.45, 7) is 1.93. The quantitative estimate of drug-likeness (QED) is 0.686. The Hall–Kier alpha value is -1.35. The molecule has 0 spiro atoms. The van der Waals surface area contributed by atoms with E-state index >= 15 is 0 Å². The Bertz CT molecular complexity index is 356. The normalized spacial score (nSPS) is 13.5. The lowest BCUT2D eigenvalue weighted by Crippen LogP contribution is -2.05. The fraction of sp³-hybridized carbons (Fsp3) is 0.222. The van der Waals surface area contributed by atoms with Crippen molar-refractivity contribution >= 4 is 5.52 Å². The average Bonchev–Trinajstić information content (AvgIpc) is 2.46. The first-order valence-corrected chi connectivity index (χ1v) is 3.97. The molecule has 3 nitrogen and oxygen atoms in total. The second-order valence-electron chi connectivity index (χ2n) is 2.93. The van der Waals surface area contributed by atoms with Crippen LogP contribution in [0, 0.1) is 0 Å². The summed E-state index contributed by atoms with van der Waals surface area (Å²) < 4.78 is 1.83. The largest absolute Gasteiger partial charge is 0.323 e. The van der Waals surface area contributed by atoms with Gasteiger partial charge in [-0.25, -0.2) is 4.52 Å². The van der Waals surface area contributed by atoms with Gasteiger partial charge in [-0.3, -0.25) is 0 Å². The zero-order chi connectivity index (χ0) is 8.55. The van der Waals surface area contributed by atoms with Crippen LogP contribution in [0.4, 0.5) is 0 Å². The Labute approximate surface area is 70.8 Å². The molecule has 3 heteroatoms. The van der Waals surface area contributed by atoms with Gasteiger partial charge in [0.2, 0.25) is 0 Å². The van der Waals surface area contributed by atoms with Crippen molar-refractivity contribution < 1.29 is 0 Å². The summed E-state index contributed by atoms with van der Waals surface area (Å²) in [4.78, 5) is 0. The summed E-state index contributed by atoms with van der Waals surface area (Å²) in [5.41, 5.74) is 7.72. The Balaban J connectivity index is 2.62. The maximum Gasteiger partial charge on any atom is 0.0799 e. The highest BCUT2D eigenvalue weighted by molar-refractivity contribution is 5.47. The van der Waals surface area contributed by atoms with Crippen LogP contribution in [-0.2, 0) is 0 Å². The van der Waals surface area contributed by atoms with E-state index < -0.39 is 0 Å². The van der Waals surface area contributed by atoms with E-state index in [2.05, 4.69) is 5.10 Å². The number of aromatic nitrogens is 2. The van der Waals surface area contributed by atoms with E-state index in [9.17, 15) is 0 Å². The van der Waals surface area contributed by atoms with Crippen molar-refractivity contribution in [2.45, 2.75) is 13.0 Å². The van der Waals surface area contributed by atoms with E-state index in [1.807, 2.05) is 41.9 Å². The highest BCUT2D eigenvalue weighted by Crippen LogP contribution is 2.10. The predicted molar refractivity (Wildman–Crippen MR) is 47.8 cm³/mol. The van der Waals surface area contributed by atoms with Crippen LogP contribution in [0.3, 0.4) is 0 Å². The average molecular weight is 161 g/mol. The monoisotopic (exact) mass is 161 g/mol. The van der Waals surface area contributed by atoms with E-state index in [1.165, 1.54) is 0 Å². The van der Waals surface area contributed by atoms with E-state index in [0.29, 0.717) is 0 Å². The molecule has 0 saturated heterocycles. The minimum Gasteiger partial charge on any atom is -0.323 e. The van der Waals surface area contributed by atoms with Crippen molar-refractivity contribution in [1.29, 1.82) is 0 Å². The number of nitrogens with two attached hydrogens (primary N) is 1. The van der Waals surface area contributed by atoms with Crippen LogP contribution >= 0.6 is 0 Å². The highest BCUT2D eigenvalue weighted by atomic mass is 15.2. The van der Waals surface area contributed by atoms with E-state index in [-0.39, 0.29) is 6.04 Å². The van der Waals surface area contributed by atoms with Gasteiger partial charge in [0.25, 0.3) is 0 Å². The lowest BCUT2D eigenvalue weighted by Gasteiger charge is -1.95. The van der Waals surface area contributed by atoms with Gasteiger partial charge in [0.05, 0.1) is 11.2 Å². The molecule has 0 aliphatic carbocycles. The van der Waals surface area contributed by atoms with E-state index in [4.69, 9.17) is 5.73 Å². The van der Waals surface area contributed by atoms with Gasteiger partial charge < -0.3 is 5.73 Å². The molecular formula is C9H11N3. The molecule has 62 valence electrons. The molecular weight excluding hydrogens is 150 g/mol. The fourth-order valence-electron chi connectivity index (χ4n) is 1.18. The maximum absolute atomic E-state index is 5.70. The molecule has 2 heterocycles. The zero-order valence-corrected chi connectivity index (χ0v) is 6.94. The van der Waals surface area contributed by atoms with E-state index in [0.717, 1.165) is 11.2 Å². The van der Waals surface area contributed by atoms with Crippen LogP contribution < -0.4 is 5.73 Å². The minimum atomic E-state index is 0.00454. The highest BCUT2D eigenvalue weighted by Gasteiger charge is 2.03. The molecule has 0 fully saturated rings. The SMILES string of the molecule is CC(N)c1cc2ccccn2n1. The first-order chi connectivity index (χ1) is 5.77. The number of fused-ring (bicyclic) bond motifs is 1. The summed E-state index contributed by atoms with van der Waals surface area (Å²) >= 11 is 0. The van der Waals surface area contributed by atoms with Crippen molar-refractivity contribution in [2.24, 2.45) is 5.73 Å². The van der Waals surface area contributed by atoms with Gasteiger partial charge in [0.15, 0.2) is 0 Å². The molecule has 1 atom stereocenters. The first kappa shape index (κ1) is 7.31. The van der Waals surface area contributed by atoms with Crippen LogP contribution in [0.1, 0.15) is 18.7 Å². The second-order valence-corrected chi connectivity index (χ2v) is 2.93. The zero-order valence-electron chi connectivity index (χ0n) is 6.94. The Kier molecular flexibility index (Phi) is 1.59. The number of nitrogens with zero attached hydrogens (tertiary/aromatic N) is 2. The molecule has 0 saturated carbocycles. The van der Waals surface area contributed by atoms with Gasteiger partial charge in [0.1, 0.15) is 0 Å². The molecule has 2 N–H and O–H groups in total. The second kappa shape index (κ2) is 2.60. The van der Waals surface area contributed by atoms with Crippen LogP contribution in [-0.4, -0.2) is 9.61 Å². The number of rotatable bonds is 1. The summed E-state index contributed by atoms with van der Waals surface area (Å²) in [5, 5.41) is 4.30. The van der Waals surface area contributed by atoms with Crippen LogP contribution in [0.25, 0.3) is 5.52 Å². The third kappa shape index (κ3) is 1.08. The molecule has 0 aliphatic rings. The van der Waals surface area contributed by atoms with Crippen LogP contribution in [0.15, 0.2) is 30.5 Å². The number of pyridine rings is 1. The smallest absolute Gasteiger partial charge is 0.0799 e. The third-order valence-electron chi connectivity index (χ3n) is 1.86. The summed E-state index contributed by atoms with van der Waals surface area (Å²) in [6.07, 6.45) is 1.92. The number of hydrogen-bond donors (Lipinski definition) is 1. The van der Waals surface area contributed by atoms with Crippen molar-refractivity contribution in [1.82, 2.24) is 9.61 Å².